The zero-order chi connectivity index (χ0) is 29.1. The van der Waals surface area contributed by atoms with Gasteiger partial charge in [0.2, 0.25) is 0 Å². The summed E-state index contributed by atoms with van der Waals surface area (Å²) in [7, 11) is 0. The maximum atomic E-state index is 12.6. The maximum absolute atomic E-state index is 12.6. The van der Waals surface area contributed by atoms with E-state index in [-0.39, 0.29) is 5.97 Å². The van der Waals surface area contributed by atoms with E-state index in [4.69, 9.17) is 14.2 Å². The van der Waals surface area contributed by atoms with Gasteiger partial charge in [-0.3, -0.25) is 0 Å². The summed E-state index contributed by atoms with van der Waals surface area (Å²) >= 11 is 0. The summed E-state index contributed by atoms with van der Waals surface area (Å²) in [5.74, 6) is 1.78. The molecule has 0 spiro atoms. The van der Waals surface area contributed by atoms with Crippen LogP contribution in [0.2, 0.25) is 0 Å². The van der Waals surface area contributed by atoms with Gasteiger partial charge >= 0.3 is 5.97 Å². The third-order valence-corrected chi connectivity index (χ3v) is 7.43. The highest BCUT2D eigenvalue weighted by molar-refractivity contribution is 5.91. The van der Waals surface area contributed by atoms with E-state index in [2.05, 4.69) is 25.7 Å². The number of rotatable bonds is 20. The van der Waals surface area contributed by atoms with E-state index in [1.807, 2.05) is 60.7 Å². The first-order valence-corrected chi connectivity index (χ1v) is 15.6. The smallest absolute Gasteiger partial charge is 0.343 e. The zero-order valence-electron chi connectivity index (χ0n) is 25.4. The Morgan fingerprint density at radius 2 is 1.02 bits per heavy atom. The molecule has 0 saturated heterocycles. The van der Waals surface area contributed by atoms with Crippen molar-refractivity contribution in [3.63, 3.8) is 0 Å². The van der Waals surface area contributed by atoms with Crippen LogP contribution < -0.4 is 14.2 Å². The van der Waals surface area contributed by atoms with Gasteiger partial charge in [-0.15, -0.1) is 0 Å². The number of benzene rings is 3. The first kappa shape index (κ1) is 32.2. The molecule has 0 radical (unpaired) electrons. The Bertz CT molecular complexity index is 1110. The summed E-state index contributed by atoms with van der Waals surface area (Å²) < 4.78 is 17.3. The molecule has 0 aliphatic rings. The predicted octanol–water partition coefficient (Wildman–Crippen LogP) is 9.20. The molecule has 0 aliphatic carbocycles. The van der Waals surface area contributed by atoms with Crippen LogP contribution in [0, 0.1) is 0 Å². The van der Waals surface area contributed by atoms with Gasteiger partial charge in [-0.05, 0) is 79.2 Å². The molecule has 0 bridgehead atoms. The fourth-order valence-corrected chi connectivity index (χ4v) is 4.75. The Balaban J connectivity index is 1.37. The number of hydrogen-bond donors (Lipinski definition) is 0. The van der Waals surface area contributed by atoms with Crippen LogP contribution in [0.3, 0.4) is 0 Å². The maximum Gasteiger partial charge on any atom is 0.343 e. The van der Waals surface area contributed by atoms with E-state index < -0.39 is 0 Å². The molecule has 5 heteroatoms. The minimum atomic E-state index is -0.380. The molecular formula is C36H49NO4. The fraction of sp³-hybridized carbons (Fsp3) is 0.472. The SMILES string of the molecule is CCCCCCCCCCCOc1ccc(C(=O)Oc2ccc(-c3ccc(OCCN(CC)CC)cc3)cc2)cc1. The van der Waals surface area contributed by atoms with E-state index in [0.29, 0.717) is 24.5 Å². The number of carbonyl (C=O) groups excluding carboxylic acids is 1. The van der Waals surface area contributed by atoms with E-state index in [1.54, 1.807) is 12.1 Å². The fourth-order valence-electron chi connectivity index (χ4n) is 4.75. The minimum Gasteiger partial charge on any atom is -0.494 e. The summed E-state index contributed by atoms with van der Waals surface area (Å²) in [6.07, 6.45) is 11.6. The lowest BCUT2D eigenvalue weighted by atomic mass is 10.1. The third kappa shape index (κ3) is 12.0. The van der Waals surface area contributed by atoms with Gasteiger partial charge in [-0.1, -0.05) is 96.4 Å². The Kier molecular flexibility index (Phi) is 14.9. The number of hydrogen-bond acceptors (Lipinski definition) is 5. The van der Waals surface area contributed by atoms with Crippen molar-refractivity contribution in [3.05, 3.63) is 78.4 Å². The summed E-state index contributed by atoms with van der Waals surface area (Å²) in [5, 5.41) is 0. The standard InChI is InChI=1S/C36H49NO4/c1-4-7-8-9-10-11-12-13-14-28-39-33-23-19-32(20-24-33)36(38)41-35-25-17-31(18-26-35)30-15-21-34(22-16-30)40-29-27-37(5-2)6-3/h15-26H,4-14,27-29H2,1-3H3. The number of ether oxygens (including phenoxy) is 3. The highest BCUT2D eigenvalue weighted by Gasteiger charge is 2.10. The number of carbonyl (C=O) groups is 1. The van der Waals surface area contributed by atoms with E-state index >= 15 is 0 Å². The van der Waals surface area contributed by atoms with Crippen molar-refractivity contribution >= 4 is 5.97 Å². The van der Waals surface area contributed by atoms with E-state index in [0.717, 1.165) is 48.7 Å². The third-order valence-electron chi connectivity index (χ3n) is 7.43. The largest absolute Gasteiger partial charge is 0.494 e. The highest BCUT2D eigenvalue weighted by Crippen LogP contribution is 2.25. The topological polar surface area (TPSA) is 48.0 Å². The number of esters is 1. The number of likely N-dealkylation sites (N-methyl/N-ethyl adjacent to an activating group) is 1. The van der Waals surface area contributed by atoms with Gasteiger partial charge in [0.25, 0.3) is 0 Å². The van der Waals surface area contributed by atoms with Crippen LogP contribution in [0.15, 0.2) is 72.8 Å². The van der Waals surface area contributed by atoms with Crippen molar-refractivity contribution in [2.24, 2.45) is 0 Å². The quantitative estimate of drug-likeness (QED) is 0.0784. The molecule has 5 nitrogen and oxygen atoms in total. The molecule has 0 N–H and O–H groups in total. The molecule has 41 heavy (non-hydrogen) atoms. The Labute approximate surface area is 247 Å². The molecular weight excluding hydrogens is 510 g/mol. The molecule has 0 heterocycles. The average molecular weight is 560 g/mol. The highest BCUT2D eigenvalue weighted by atomic mass is 16.5. The van der Waals surface area contributed by atoms with Crippen LogP contribution in [0.4, 0.5) is 0 Å². The van der Waals surface area contributed by atoms with E-state index in [1.165, 1.54) is 51.4 Å². The molecule has 222 valence electrons. The average Bonchev–Trinajstić information content (AvgIpc) is 3.01. The summed E-state index contributed by atoms with van der Waals surface area (Å²) in [6.45, 7) is 11.0. The molecule has 3 rings (SSSR count). The lowest BCUT2D eigenvalue weighted by Gasteiger charge is -2.18. The van der Waals surface area contributed by atoms with Crippen LogP contribution in [0.5, 0.6) is 17.2 Å². The summed E-state index contributed by atoms with van der Waals surface area (Å²) in [5.41, 5.74) is 2.63. The first-order valence-electron chi connectivity index (χ1n) is 15.6. The normalized spacial score (nSPS) is 11.0. The summed E-state index contributed by atoms with van der Waals surface area (Å²) in [4.78, 5) is 15.0. The van der Waals surface area contributed by atoms with Crippen LogP contribution in [-0.2, 0) is 0 Å². The van der Waals surface area contributed by atoms with Crippen LogP contribution in [0.1, 0.15) is 88.9 Å². The van der Waals surface area contributed by atoms with Gasteiger partial charge in [0.1, 0.15) is 23.9 Å². The van der Waals surface area contributed by atoms with Crippen molar-refractivity contribution in [3.8, 4) is 28.4 Å². The molecule has 0 saturated carbocycles. The number of nitrogens with zero attached hydrogens (tertiary/aromatic N) is 1. The Hall–Kier alpha value is -3.31. The first-order chi connectivity index (χ1) is 20.1. The van der Waals surface area contributed by atoms with Crippen LogP contribution in [-0.4, -0.2) is 43.7 Å². The Morgan fingerprint density at radius 3 is 1.56 bits per heavy atom. The molecule has 0 aliphatic heterocycles. The zero-order valence-corrected chi connectivity index (χ0v) is 25.4. The monoisotopic (exact) mass is 559 g/mol. The Morgan fingerprint density at radius 1 is 0.561 bits per heavy atom. The molecule has 3 aromatic rings. The van der Waals surface area contributed by atoms with Gasteiger partial charge in [-0.2, -0.15) is 0 Å². The molecule has 0 fully saturated rings. The van der Waals surface area contributed by atoms with Gasteiger partial charge in [0, 0.05) is 6.54 Å². The second-order valence-corrected chi connectivity index (χ2v) is 10.5. The van der Waals surface area contributed by atoms with Crippen molar-refractivity contribution in [1.29, 1.82) is 0 Å². The van der Waals surface area contributed by atoms with Crippen molar-refractivity contribution in [2.75, 3.05) is 32.8 Å². The number of unbranched alkanes of at least 4 members (excludes halogenated alkanes) is 8. The molecule has 0 amide bonds. The van der Waals surface area contributed by atoms with Gasteiger partial charge in [0.15, 0.2) is 0 Å². The van der Waals surface area contributed by atoms with Gasteiger partial charge in [0.05, 0.1) is 12.2 Å². The molecule has 0 aromatic heterocycles. The molecule has 0 atom stereocenters. The van der Waals surface area contributed by atoms with Crippen LogP contribution in [0.25, 0.3) is 11.1 Å². The summed E-state index contributed by atoms with van der Waals surface area (Å²) in [6, 6.07) is 22.8. The molecule has 3 aromatic carbocycles. The van der Waals surface area contributed by atoms with E-state index in [9.17, 15) is 4.79 Å². The van der Waals surface area contributed by atoms with Crippen molar-refractivity contribution in [2.45, 2.75) is 78.6 Å². The molecule has 0 unspecified atom stereocenters. The van der Waals surface area contributed by atoms with Crippen LogP contribution >= 0.6 is 0 Å². The lowest BCUT2D eigenvalue weighted by molar-refractivity contribution is 0.0734. The van der Waals surface area contributed by atoms with Gasteiger partial charge < -0.3 is 19.1 Å². The lowest BCUT2D eigenvalue weighted by Crippen LogP contribution is -2.27. The minimum absolute atomic E-state index is 0.380. The second kappa shape index (κ2) is 18.9. The van der Waals surface area contributed by atoms with Crippen molar-refractivity contribution in [1.82, 2.24) is 4.90 Å². The predicted molar refractivity (Wildman–Crippen MR) is 169 cm³/mol. The van der Waals surface area contributed by atoms with Crippen molar-refractivity contribution < 1.29 is 19.0 Å². The second-order valence-electron chi connectivity index (χ2n) is 10.5. The van der Waals surface area contributed by atoms with Gasteiger partial charge in [-0.25, -0.2) is 4.79 Å².